The van der Waals surface area contributed by atoms with Gasteiger partial charge in [-0.15, -0.1) is 11.3 Å². The number of hydrogen-bond acceptors (Lipinski definition) is 6. The molecule has 3 rings (SSSR count). The van der Waals surface area contributed by atoms with Crippen LogP contribution in [-0.4, -0.2) is 47.9 Å². The summed E-state index contributed by atoms with van der Waals surface area (Å²) in [6.07, 6.45) is 5.92. The summed E-state index contributed by atoms with van der Waals surface area (Å²) in [6.45, 7) is 0.708. The van der Waals surface area contributed by atoms with Gasteiger partial charge in [-0.05, 0) is 25.0 Å². The Hall–Kier alpha value is -1.84. The third-order valence-corrected chi connectivity index (χ3v) is 5.96. The van der Waals surface area contributed by atoms with E-state index in [2.05, 4.69) is 15.3 Å². The second kappa shape index (κ2) is 6.96. The highest BCUT2D eigenvalue weighted by Crippen LogP contribution is 2.26. The Morgan fingerprint density at radius 2 is 2.12 bits per heavy atom. The van der Waals surface area contributed by atoms with Gasteiger partial charge < -0.3 is 5.32 Å². The maximum atomic E-state index is 12.4. The highest BCUT2D eigenvalue weighted by molar-refractivity contribution is 7.88. The first kappa shape index (κ1) is 17.0. The van der Waals surface area contributed by atoms with E-state index in [0.717, 1.165) is 11.3 Å². The summed E-state index contributed by atoms with van der Waals surface area (Å²) in [7, 11) is -3.26. The number of hydrogen-bond donors (Lipinski definition) is 1. The molecule has 3 heterocycles. The van der Waals surface area contributed by atoms with E-state index in [-0.39, 0.29) is 18.4 Å². The molecule has 0 radical (unpaired) electrons. The molecule has 2 aromatic heterocycles. The summed E-state index contributed by atoms with van der Waals surface area (Å²) in [5.74, 6) is -0.527. The van der Waals surface area contributed by atoms with Crippen molar-refractivity contribution in [1.29, 1.82) is 0 Å². The number of carbonyl (C=O) groups excluding carboxylic acids is 1. The fourth-order valence-electron chi connectivity index (χ4n) is 2.65. The Morgan fingerprint density at radius 3 is 2.83 bits per heavy atom. The topological polar surface area (TPSA) is 92.3 Å². The molecule has 7 nitrogen and oxygen atoms in total. The molecule has 0 aliphatic carbocycles. The number of pyridine rings is 1. The SMILES string of the molecule is CS(=O)(=O)N1CCC[C@H](C(=O)Nc2nc(-c3ccncc3)cs2)C1. The molecule has 1 amide bonds. The quantitative estimate of drug-likeness (QED) is 0.891. The summed E-state index contributed by atoms with van der Waals surface area (Å²) in [6, 6.07) is 3.71. The fraction of sp³-hybridized carbons (Fsp3) is 0.400. The molecule has 0 aromatic carbocycles. The second-order valence-electron chi connectivity index (χ2n) is 5.72. The van der Waals surface area contributed by atoms with Crippen molar-refractivity contribution in [3.05, 3.63) is 29.9 Å². The molecule has 0 spiro atoms. The number of carbonyl (C=O) groups is 1. The summed E-state index contributed by atoms with van der Waals surface area (Å²) < 4.78 is 24.7. The minimum atomic E-state index is -3.26. The molecule has 1 saturated heterocycles. The third kappa shape index (κ3) is 3.97. The van der Waals surface area contributed by atoms with Crippen LogP contribution in [0.3, 0.4) is 0 Å². The largest absolute Gasteiger partial charge is 0.302 e. The number of nitrogens with one attached hydrogen (secondary N) is 1. The van der Waals surface area contributed by atoms with E-state index < -0.39 is 10.0 Å². The Bertz CT molecular complexity index is 820. The van der Waals surface area contributed by atoms with Gasteiger partial charge in [0.25, 0.3) is 0 Å². The van der Waals surface area contributed by atoms with Gasteiger partial charge in [-0.25, -0.2) is 17.7 Å². The number of amides is 1. The first-order valence-corrected chi connectivity index (χ1v) is 10.3. The van der Waals surface area contributed by atoms with Crippen molar-refractivity contribution >= 4 is 32.4 Å². The molecule has 128 valence electrons. The molecule has 1 aliphatic heterocycles. The molecule has 0 unspecified atom stereocenters. The molecule has 0 saturated carbocycles. The first-order chi connectivity index (χ1) is 11.4. The highest BCUT2D eigenvalue weighted by atomic mass is 32.2. The number of sulfonamides is 1. The van der Waals surface area contributed by atoms with Crippen LogP contribution in [0, 0.1) is 5.92 Å². The predicted molar refractivity (Wildman–Crippen MR) is 93.1 cm³/mol. The van der Waals surface area contributed by atoms with Crippen LogP contribution in [-0.2, 0) is 14.8 Å². The normalized spacial score (nSPS) is 19.1. The van der Waals surface area contributed by atoms with Gasteiger partial charge in [-0.3, -0.25) is 9.78 Å². The molecule has 1 aliphatic rings. The van der Waals surface area contributed by atoms with Gasteiger partial charge >= 0.3 is 0 Å². The standard InChI is InChI=1S/C15H18N4O3S2/c1-24(21,22)19-8-2-3-12(9-19)14(20)18-15-17-13(10-23-15)11-4-6-16-7-5-11/h4-7,10,12H,2-3,8-9H2,1H3,(H,17,18,20)/t12-/m0/s1. The molecule has 1 atom stereocenters. The van der Waals surface area contributed by atoms with Crippen LogP contribution in [0.1, 0.15) is 12.8 Å². The van der Waals surface area contributed by atoms with Crippen LogP contribution in [0.15, 0.2) is 29.9 Å². The molecule has 9 heteroatoms. The molecule has 2 aromatic rings. The molecule has 1 N–H and O–H groups in total. The summed E-state index contributed by atoms with van der Waals surface area (Å²) >= 11 is 1.35. The third-order valence-electron chi connectivity index (χ3n) is 3.93. The van der Waals surface area contributed by atoms with Gasteiger partial charge in [0.1, 0.15) is 0 Å². The van der Waals surface area contributed by atoms with Crippen LogP contribution in [0.5, 0.6) is 0 Å². The van der Waals surface area contributed by atoms with Crippen molar-refractivity contribution in [3.8, 4) is 11.3 Å². The van der Waals surface area contributed by atoms with E-state index >= 15 is 0 Å². The van der Waals surface area contributed by atoms with Crippen LogP contribution < -0.4 is 5.32 Å². The molecule has 24 heavy (non-hydrogen) atoms. The average molecular weight is 366 g/mol. The van der Waals surface area contributed by atoms with Crippen molar-refractivity contribution in [1.82, 2.24) is 14.3 Å². The Labute approximate surface area is 144 Å². The van der Waals surface area contributed by atoms with Gasteiger partial charge in [0.15, 0.2) is 5.13 Å². The zero-order valence-corrected chi connectivity index (χ0v) is 14.8. The van der Waals surface area contributed by atoms with Crippen molar-refractivity contribution in [2.75, 3.05) is 24.7 Å². The van der Waals surface area contributed by atoms with E-state index in [1.807, 2.05) is 17.5 Å². The van der Waals surface area contributed by atoms with Gasteiger partial charge in [0.05, 0.1) is 17.9 Å². The van der Waals surface area contributed by atoms with Crippen LogP contribution in [0.2, 0.25) is 0 Å². The lowest BCUT2D eigenvalue weighted by Crippen LogP contribution is -2.43. The molecule has 0 bridgehead atoms. The van der Waals surface area contributed by atoms with Crippen molar-refractivity contribution in [2.24, 2.45) is 5.92 Å². The molecular formula is C15H18N4O3S2. The molecule has 1 fully saturated rings. The van der Waals surface area contributed by atoms with E-state index in [4.69, 9.17) is 0 Å². The van der Waals surface area contributed by atoms with Gasteiger partial charge in [0.2, 0.25) is 15.9 Å². The minimum Gasteiger partial charge on any atom is -0.302 e. The number of nitrogens with zero attached hydrogens (tertiary/aromatic N) is 3. The number of rotatable bonds is 4. The van der Waals surface area contributed by atoms with E-state index in [1.54, 1.807) is 12.4 Å². The lowest BCUT2D eigenvalue weighted by molar-refractivity contribution is -0.120. The zero-order valence-electron chi connectivity index (χ0n) is 13.2. The van der Waals surface area contributed by atoms with Gasteiger partial charge in [-0.2, -0.15) is 0 Å². The monoisotopic (exact) mass is 366 g/mol. The maximum Gasteiger partial charge on any atom is 0.230 e. The number of aromatic nitrogens is 2. The smallest absolute Gasteiger partial charge is 0.230 e. The Balaban J connectivity index is 1.66. The fourth-order valence-corrected chi connectivity index (χ4v) is 4.29. The van der Waals surface area contributed by atoms with Crippen molar-refractivity contribution < 1.29 is 13.2 Å². The lowest BCUT2D eigenvalue weighted by atomic mass is 9.99. The van der Waals surface area contributed by atoms with Crippen molar-refractivity contribution in [2.45, 2.75) is 12.8 Å². The number of thiazole rings is 1. The van der Waals surface area contributed by atoms with E-state index in [0.29, 0.717) is 24.5 Å². The zero-order chi connectivity index (χ0) is 17.2. The van der Waals surface area contributed by atoms with Gasteiger partial charge in [-0.1, -0.05) is 0 Å². The second-order valence-corrected chi connectivity index (χ2v) is 8.56. The average Bonchev–Trinajstić information content (AvgIpc) is 3.03. The lowest BCUT2D eigenvalue weighted by Gasteiger charge is -2.29. The predicted octanol–water partition coefficient (Wildman–Crippen LogP) is 1.82. The van der Waals surface area contributed by atoms with Crippen LogP contribution in [0.4, 0.5) is 5.13 Å². The first-order valence-electron chi connectivity index (χ1n) is 7.55. The Kier molecular flexibility index (Phi) is 4.93. The highest BCUT2D eigenvalue weighted by Gasteiger charge is 2.30. The number of anilines is 1. The summed E-state index contributed by atoms with van der Waals surface area (Å²) in [5.41, 5.74) is 1.71. The Morgan fingerprint density at radius 1 is 1.38 bits per heavy atom. The minimum absolute atomic E-state index is 0.182. The van der Waals surface area contributed by atoms with Crippen molar-refractivity contribution in [3.63, 3.8) is 0 Å². The van der Waals surface area contributed by atoms with Crippen LogP contribution >= 0.6 is 11.3 Å². The van der Waals surface area contributed by atoms with E-state index in [1.165, 1.54) is 21.9 Å². The van der Waals surface area contributed by atoms with Gasteiger partial charge in [0, 0.05) is 36.4 Å². The maximum absolute atomic E-state index is 12.4. The van der Waals surface area contributed by atoms with E-state index in [9.17, 15) is 13.2 Å². The van der Waals surface area contributed by atoms with Crippen LogP contribution in [0.25, 0.3) is 11.3 Å². The summed E-state index contributed by atoms with van der Waals surface area (Å²) in [4.78, 5) is 20.8. The number of piperidine rings is 1. The molecular weight excluding hydrogens is 348 g/mol. The summed E-state index contributed by atoms with van der Waals surface area (Å²) in [5, 5.41) is 5.19.